The fourth-order valence-corrected chi connectivity index (χ4v) is 1.88. The van der Waals surface area contributed by atoms with E-state index in [0.717, 1.165) is 11.7 Å². The molecular formula is C12H20O2S. The van der Waals surface area contributed by atoms with Crippen molar-refractivity contribution in [2.75, 3.05) is 19.8 Å². The molecule has 0 radical (unpaired) electrons. The zero-order valence-electron chi connectivity index (χ0n) is 9.41. The van der Waals surface area contributed by atoms with Crippen molar-refractivity contribution in [3.8, 4) is 5.06 Å². The smallest absolute Gasteiger partial charge is 0.173 e. The molecule has 0 saturated heterocycles. The lowest BCUT2D eigenvalue weighted by atomic mass is 10.2. The van der Waals surface area contributed by atoms with Crippen molar-refractivity contribution < 1.29 is 9.47 Å². The minimum Gasteiger partial charge on any atom is -0.482 e. The summed E-state index contributed by atoms with van der Waals surface area (Å²) >= 11 is 1.62. The molecule has 86 valence electrons. The zero-order chi connectivity index (χ0) is 10.8. The summed E-state index contributed by atoms with van der Waals surface area (Å²) in [6.45, 7) is 4.45. The Labute approximate surface area is 96.2 Å². The van der Waals surface area contributed by atoms with Gasteiger partial charge in [-0.1, -0.05) is 26.2 Å². The number of rotatable bonds is 9. The molecule has 1 aromatic rings. The Morgan fingerprint density at radius 1 is 1.13 bits per heavy atom. The first kappa shape index (κ1) is 12.5. The third kappa shape index (κ3) is 6.52. The minimum absolute atomic E-state index is 0.661. The average molecular weight is 228 g/mol. The quantitative estimate of drug-likeness (QED) is 0.600. The molecule has 0 aromatic carbocycles. The Balaban J connectivity index is 1.81. The predicted octanol–water partition coefficient (Wildman–Crippen LogP) is 3.72. The molecule has 1 heterocycles. The highest BCUT2D eigenvalue weighted by Crippen LogP contribution is 2.17. The summed E-state index contributed by atoms with van der Waals surface area (Å²) in [6, 6.07) is 3.97. The van der Waals surface area contributed by atoms with Crippen LogP contribution in [0.25, 0.3) is 0 Å². The topological polar surface area (TPSA) is 18.5 Å². The fraction of sp³-hybridized carbons (Fsp3) is 0.667. The molecule has 0 atom stereocenters. The van der Waals surface area contributed by atoms with Gasteiger partial charge >= 0.3 is 0 Å². The number of ether oxygens (including phenoxy) is 2. The van der Waals surface area contributed by atoms with E-state index < -0.39 is 0 Å². The van der Waals surface area contributed by atoms with Crippen LogP contribution in [0.4, 0.5) is 0 Å². The molecule has 0 spiro atoms. The lowest BCUT2D eigenvalue weighted by molar-refractivity contribution is 0.0983. The molecule has 15 heavy (non-hydrogen) atoms. The van der Waals surface area contributed by atoms with Gasteiger partial charge in [0.15, 0.2) is 5.06 Å². The van der Waals surface area contributed by atoms with E-state index in [4.69, 9.17) is 9.47 Å². The van der Waals surface area contributed by atoms with E-state index in [9.17, 15) is 0 Å². The summed E-state index contributed by atoms with van der Waals surface area (Å²) in [7, 11) is 0. The van der Waals surface area contributed by atoms with Crippen LogP contribution in [0.15, 0.2) is 17.5 Å². The van der Waals surface area contributed by atoms with Gasteiger partial charge in [-0.25, -0.2) is 0 Å². The van der Waals surface area contributed by atoms with Gasteiger partial charge in [-0.15, -0.1) is 11.3 Å². The third-order valence-corrected chi connectivity index (χ3v) is 2.89. The van der Waals surface area contributed by atoms with Crippen LogP contribution < -0.4 is 4.74 Å². The van der Waals surface area contributed by atoms with Gasteiger partial charge in [-0.2, -0.15) is 0 Å². The first-order valence-electron chi connectivity index (χ1n) is 5.67. The maximum Gasteiger partial charge on any atom is 0.173 e. The highest BCUT2D eigenvalue weighted by Gasteiger charge is 1.93. The Morgan fingerprint density at radius 3 is 2.80 bits per heavy atom. The van der Waals surface area contributed by atoms with Gasteiger partial charge in [0.1, 0.15) is 6.61 Å². The van der Waals surface area contributed by atoms with E-state index in [1.165, 1.54) is 25.7 Å². The molecule has 1 rings (SSSR count). The highest BCUT2D eigenvalue weighted by atomic mass is 32.1. The Morgan fingerprint density at radius 2 is 2.07 bits per heavy atom. The summed E-state index contributed by atoms with van der Waals surface area (Å²) in [5.41, 5.74) is 0. The van der Waals surface area contributed by atoms with Gasteiger partial charge in [0, 0.05) is 6.61 Å². The second-order valence-corrected chi connectivity index (χ2v) is 4.36. The van der Waals surface area contributed by atoms with Gasteiger partial charge in [0.05, 0.1) is 6.61 Å². The van der Waals surface area contributed by atoms with Crippen molar-refractivity contribution >= 4 is 11.3 Å². The maximum absolute atomic E-state index is 5.47. The van der Waals surface area contributed by atoms with Crippen LogP contribution in [-0.2, 0) is 4.74 Å². The molecule has 0 aliphatic carbocycles. The molecule has 0 saturated carbocycles. The first-order chi connectivity index (χ1) is 7.43. The Bertz CT molecular complexity index is 222. The molecule has 0 N–H and O–H groups in total. The first-order valence-corrected chi connectivity index (χ1v) is 6.55. The second-order valence-electron chi connectivity index (χ2n) is 3.45. The van der Waals surface area contributed by atoms with E-state index in [1.807, 2.05) is 17.5 Å². The molecule has 0 fully saturated rings. The van der Waals surface area contributed by atoms with Crippen molar-refractivity contribution in [1.82, 2.24) is 0 Å². The molecule has 3 heteroatoms. The number of unbranched alkanes of at least 4 members (excludes halogenated alkanes) is 3. The molecule has 0 amide bonds. The predicted molar refractivity (Wildman–Crippen MR) is 64.8 cm³/mol. The number of hydrogen-bond acceptors (Lipinski definition) is 3. The van der Waals surface area contributed by atoms with Crippen LogP contribution in [0.5, 0.6) is 5.06 Å². The molecule has 0 aliphatic heterocycles. The van der Waals surface area contributed by atoms with Crippen LogP contribution in [0, 0.1) is 0 Å². The molecular weight excluding hydrogens is 208 g/mol. The molecule has 0 bridgehead atoms. The number of thiophene rings is 1. The summed E-state index contributed by atoms with van der Waals surface area (Å²) in [5.74, 6) is 0. The SMILES string of the molecule is CCCCCCOCCOc1cccs1. The second kappa shape index (κ2) is 8.74. The van der Waals surface area contributed by atoms with Crippen molar-refractivity contribution in [1.29, 1.82) is 0 Å². The van der Waals surface area contributed by atoms with Gasteiger partial charge in [-0.05, 0) is 23.9 Å². The highest BCUT2D eigenvalue weighted by molar-refractivity contribution is 7.11. The molecule has 2 nitrogen and oxygen atoms in total. The van der Waals surface area contributed by atoms with Crippen molar-refractivity contribution in [2.24, 2.45) is 0 Å². The summed E-state index contributed by atoms with van der Waals surface area (Å²) < 4.78 is 10.9. The van der Waals surface area contributed by atoms with Crippen LogP contribution in [0.2, 0.25) is 0 Å². The van der Waals surface area contributed by atoms with Crippen molar-refractivity contribution in [3.63, 3.8) is 0 Å². The largest absolute Gasteiger partial charge is 0.482 e. The lowest BCUT2D eigenvalue weighted by Gasteiger charge is -2.04. The van der Waals surface area contributed by atoms with Crippen LogP contribution in [-0.4, -0.2) is 19.8 Å². The Kier molecular flexibility index (Phi) is 7.30. The van der Waals surface area contributed by atoms with Gasteiger partial charge in [0.25, 0.3) is 0 Å². The van der Waals surface area contributed by atoms with Gasteiger partial charge in [-0.3, -0.25) is 0 Å². The van der Waals surface area contributed by atoms with E-state index in [0.29, 0.717) is 13.2 Å². The standard InChI is InChI=1S/C12H20O2S/c1-2-3-4-5-8-13-9-10-14-12-7-6-11-15-12/h6-7,11H,2-5,8-10H2,1H3. The average Bonchev–Trinajstić information content (AvgIpc) is 2.75. The van der Waals surface area contributed by atoms with E-state index in [1.54, 1.807) is 11.3 Å². The van der Waals surface area contributed by atoms with Crippen LogP contribution >= 0.6 is 11.3 Å². The van der Waals surface area contributed by atoms with Crippen LogP contribution in [0.1, 0.15) is 32.6 Å². The summed E-state index contributed by atoms with van der Waals surface area (Å²) in [4.78, 5) is 0. The third-order valence-electron chi connectivity index (χ3n) is 2.11. The van der Waals surface area contributed by atoms with E-state index in [-0.39, 0.29) is 0 Å². The maximum atomic E-state index is 5.47. The lowest BCUT2D eigenvalue weighted by Crippen LogP contribution is -2.06. The van der Waals surface area contributed by atoms with E-state index >= 15 is 0 Å². The van der Waals surface area contributed by atoms with Crippen LogP contribution in [0.3, 0.4) is 0 Å². The minimum atomic E-state index is 0.661. The molecule has 0 unspecified atom stereocenters. The number of hydrogen-bond donors (Lipinski definition) is 0. The van der Waals surface area contributed by atoms with Crippen molar-refractivity contribution in [3.05, 3.63) is 17.5 Å². The monoisotopic (exact) mass is 228 g/mol. The van der Waals surface area contributed by atoms with Crippen molar-refractivity contribution in [2.45, 2.75) is 32.6 Å². The van der Waals surface area contributed by atoms with Gasteiger partial charge in [0.2, 0.25) is 0 Å². The van der Waals surface area contributed by atoms with Gasteiger partial charge < -0.3 is 9.47 Å². The Hall–Kier alpha value is -0.540. The zero-order valence-corrected chi connectivity index (χ0v) is 10.2. The fourth-order valence-electron chi connectivity index (χ4n) is 1.28. The summed E-state index contributed by atoms with van der Waals surface area (Å²) in [6.07, 6.45) is 5.05. The normalized spacial score (nSPS) is 10.5. The van der Waals surface area contributed by atoms with E-state index in [2.05, 4.69) is 6.92 Å². The summed E-state index contributed by atoms with van der Waals surface area (Å²) in [5, 5.41) is 2.99. The molecule has 0 aliphatic rings. The molecule has 1 aromatic heterocycles.